The van der Waals surface area contributed by atoms with Crippen LogP contribution in [0.5, 0.6) is 0 Å². The molecule has 0 radical (unpaired) electrons. The van der Waals surface area contributed by atoms with Crippen molar-refractivity contribution in [1.29, 1.82) is 0 Å². The van der Waals surface area contributed by atoms with E-state index in [1.165, 1.54) is 10.8 Å². The Balaban J connectivity index is 2.07. The van der Waals surface area contributed by atoms with E-state index in [1.54, 1.807) is 0 Å². The molecule has 1 aliphatic rings. The highest BCUT2D eigenvalue weighted by Gasteiger charge is 2.65. The van der Waals surface area contributed by atoms with Crippen LogP contribution in [0.4, 0.5) is 18.9 Å². The van der Waals surface area contributed by atoms with Crippen molar-refractivity contribution in [3.8, 4) is 0 Å². The van der Waals surface area contributed by atoms with Crippen LogP contribution < -0.4 is 0 Å². The van der Waals surface area contributed by atoms with Gasteiger partial charge in [-0.1, -0.05) is 31.2 Å². The Labute approximate surface area is 165 Å². The molecular weight excluding hydrogens is 415 g/mol. The van der Waals surface area contributed by atoms with Crippen molar-refractivity contribution in [2.75, 3.05) is 6.61 Å². The highest BCUT2D eigenvalue weighted by molar-refractivity contribution is 6.76. The van der Waals surface area contributed by atoms with Crippen LogP contribution in [0.2, 0.25) is 30.8 Å². The van der Waals surface area contributed by atoms with E-state index in [0.717, 1.165) is 12.1 Å². The van der Waals surface area contributed by atoms with Crippen LogP contribution in [-0.2, 0) is 16.9 Å². The number of pyridine rings is 1. The molecule has 0 aliphatic heterocycles. The van der Waals surface area contributed by atoms with Gasteiger partial charge in [0.15, 0.2) is 5.65 Å². The first-order valence-corrected chi connectivity index (χ1v) is 12.9. The molecule has 1 saturated carbocycles. The molecule has 1 fully saturated rings. The number of fused-ring (bicyclic) bond motifs is 1. The fraction of sp³-hybridized carbons (Fsp3) is 0.588. The molecule has 0 aromatic carbocycles. The van der Waals surface area contributed by atoms with E-state index in [9.17, 15) is 23.3 Å². The lowest BCUT2D eigenvalue weighted by molar-refractivity contribution is -0.383. The van der Waals surface area contributed by atoms with Gasteiger partial charge in [0.1, 0.15) is 17.3 Å². The second-order valence-electron chi connectivity index (χ2n) is 8.36. The van der Waals surface area contributed by atoms with Gasteiger partial charge in [0.25, 0.3) is 5.69 Å². The van der Waals surface area contributed by atoms with Gasteiger partial charge >= 0.3 is 6.18 Å². The van der Waals surface area contributed by atoms with Crippen LogP contribution in [0.3, 0.4) is 0 Å². The summed E-state index contributed by atoms with van der Waals surface area (Å²) >= 11 is 5.90. The Kier molecular flexibility index (Phi) is 5.26. The van der Waals surface area contributed by atoms with Crippen molar-refractivity contribution in [2.24, 2.45) is 0 Å². The zero-order valence-corrected chi connectivity index (χ0v) is 17.5. The largest absolute Gasteiger partial charge is 0.398 e. The third kappa shape index (κ3) is 3.90. The molecule has 3 rings (SSSR count). The summed E-state index contributed by atoms with van der Waals surface area (Å²) in [7, 11) is -1.33. The van der Waals surface area contributed by atoms with Gasteiger partial charge in [-0.05, 0) is 18.9 Å². The maximum Gasteiger partial charge on any atom is 0.398 e. The molecule has 154 valence electrons. The SMILES string of the molecule is C[Si](C)(C)CCOCn1cc(C2(C(F)(F)F)CC2)c2c([N+](=O)[O-])cc(Cl)nc21. The van der Waals surface area contributed by atoms with E-state index in [2.05, 4.69) is 24.6 Å². The summed E-state index contributed by atoms with van der Waals surface area (Å²) in [5.41, 5.74) is -2.63. The average Bonchev–Trinajstić information content (AvgIpc) is 3.28. The molecule has 2 aromatic rings. The van der Waals surface area contributed by atoms with Crippen molar-refractivity contribution in [1.82, 2.24) is 9.55 Å². The number of hydrogen-bond acceptors (Lipinski definition) is 4. The normalized spacial score (nSPS) is 16.5. The van der Waals surface area contributed by atoms with E-state index >= 15 is 0 Å². The minimum atomic E-state index is -4.50. The summed E-state index contributed by atoms with van der Waals surface area (Å²) in [5.74, 6) is 0. The first-order valence-electron chi connectivity index (χ1n) is 8.84. The van der Waals surface area contributed by atoms with Crippen LogP contribution in [0.25, 0.3) is 11.0 Å². The highest BCUT2D eigenvalue weighted by Crippen LogP contribution is 2.61. The molecule has 1 aliphatic carbocycles. The van der Waals surface area contributed by atoms with Gasteiger partial charge in [-0.15, -0.1) is 0 Å². The zero-order valence-electron chi connectivity index (χ0n) is 15.8. The lowest BCUT2D eigenvalue weighted by Crippen LogP contribution is -2.28. The summed E-state index contributed by atoms with van der Waals surface area (Å²) in [6, 6.07) is 1.89. The molecule has 2 aromatic heterocycles. The summed E-state index contributed by atoms with van der Waals surface area (Å²) in [5, 5.41) is 11.2. The summed E-state index contributed by atoms with van der Waals surface area (Å²) in [6.07, 6.45) is -3.42. The minimum absolute atomic E-state index is 0.0396. The molecule has 0 saturated heterocycles. The summed E-state index contributed by atoms with van der Waals surface area (Å²) < 4.78 is 48.2. The quantitative estimate of drug-likeness (QED) is 0.189. The van der Waals surface area contributed by atoms with Gasteiger partial charge in [0.2, 0.25) is 0 Å². The summed E-state index contributed by atoms with van der Waals surface area (Å²) in [6.45, 7) is 6.97. The third-order valence-electron chi connectivity index (χ3n) is 5.01. The predicted molar refractivity (Wildman–Crippen MR) is 102 cm³/mol. The van der Waals surface area contributed by atoms with E-state index in [1.807, 2.05) is 0 Å². The van der Waals surface area contributed by atoms with Crippen LogP contribution in [0.1, 0.15) is 18.4 Å². The van der Waals surface area contributed by atoms with Crippen molar-refractivity contribution >= 4 is 36.4 Å². The van der Waals surface area contributed by atoms with Crippen molar-refractivity contribution in [2.45, 2.75) is 56.8 Å². The maximum atomic E-state index is 13.7. The zero-order chi connectivity index (χ0) is 20.9. The molecule has 2 heterocycles. The number of aromatic nitrogens is 2. The van der Waals surface area contributed by atoms with Crippen LogP contribution >= 0.6 is 11.6 Å². The topological polar surface area (TPSA) is 70.2 Å². The smallest absolute Gasteiger partial charge is 0.361 e. The second-order valence-corrected chi connectivity index (χ2v) is 14.4. The van der Waals surface area contributed by atoms with Gasteiger partial charge in [0.05, 0.1) is 16.4 Å². The average molecular weight is 436 g/mol. The molecule has 0 bridgehead atoms. The Bertz CT molecular complexity index is 920. The van der Waals surface area contributed by atoms with Crippen molar-refractivity contribution < 1.29 is 22.8 Å². The Morgan fingerprint density at radius 1 is 1.39 bits per heavy atom. The predicted octanol–water partition coefficient (Wildman–Crippen LogP) is 5.50. The fourth-order valence-electron chi connectivity index (χ4n) is 3.21. The lowest BCUT2D eigenvalue weighted by Gasteiger charge is -2.18. The van der Waals surface area contributed by atoms with E-state index in [4.69, 9.17) is 16.3 Å². The molecule has 11 heteroatoms. The first-order chi connectivity index (χ1) is 12.9. The third-order valence-corrected chi connectivity index (χ3v) is 6.90. The molecular formula is C17H21ClF3N3O3Si. The number of alkyl halides is 3. The van der Waals surface area contributed by atoms with Crippen molar-refractivity contribution in [3.63, 3.8) is 0 Å². The Morgan fingerprint density at radius 2 is 2.04 bits per heavy atom. The lowest BCUT2D eigenvalue weighted by atomic mass is 9.95. The van der Waals surface area contributed by atoms with Gasteiger partial charge in [-0.3, -0.25) is 10.1 Å². The molecule has 0 atom stereocenters. The monoisotopic (exact) mass is 435 g/mol. The number of nitro groups is 1. The molecule has 0 amide bonds. The maximum absolute atomic E-state index is 13.7. The molecule has 6 nitrogen and oxygen atoms in total. The number of rotatable bonds is 7. The number of ether oxygens (including phenoxy) is 1. The van der Waals surface area contributed by atoms with Crippen LogP contribution in [-0.4, -0.2) is 35.3 Å². The molecule has 0 N–H and O–H groups in total. The number of hydrogen-bond donors (Lipinski definition) is 0. The number of halogens is 4. The van der Waals surface area contributed by atoms with Crippen molar-refractivity contribution in [3.05, 3.63) is 33.1 Å². The van der Waals surface area contributed by atoms with Gasteiger partial charge in [0, 0.05) is 26.4 Å². The van der Waals surface area contributed by atoms with E-state index < -0.39 is 30.3 Å². The summed E-state index contributed by atoms with van der Waals surface area (Å²) in [4.78, 5) is 14.9. The van der Waals surface area contributed by atoms with E-state index in [-0.39, 0.29) is 41.3 Å². The second kappa shape index (κ2) is 6.99. The molecule has 28 heavy (non-hydrogen) atoms. The Hall–Kier alpha value is -1.65. The Morgan fingerprint density at radius 3 is 2.54 bits per heavy atom. The fourth-order valence-corrected chi connectivity index (χ4v) is 4.15. The van der Waals surface area contributed by atoms with Gasteiger partial charge in [-0.25, -0.2) is 4.98 Å². The molecule has 0 spiro atoms. The van der Waals surface area contributed by atoms with E-state index in [0.29, 0.717) is 6.61 Å². The first kappa shape index (κ1) is 21.1. The van der Waals surface area contributed by atoms with Gasteiger partial charge < -0.3 is 9.30 Å². The van der Waals surface area contributed by atoms with Crippen LogP contribution in [0, 0.1) is 10.1 Å². The van der Waals surface area contributed by atoms with Crippen LogP contribution in [0.15, 0.2) is 12.3 Å². The standard InChI is InChI=1S/C17H21ClF3N3O3Si/c1-28(2,3)7-6-27-10-23-9-11(16(4-5-16)17(19,20)21)14-12(24(25)26)8-13(18)22-15(14)23/h8-9H,4-7,10H2,1-3H3. The minimum Gasteiger partial charge on any atom is -0.361 e. The number of nitrogens with zero attached hydrogens (tertiary/aromatic N) is 3. The molecule has 0 unspecified atom stereocenters. The highest BCUT2D eigenvalue weighted by atomic mass is 35.5. The van der Waals surface area contributed by atoms with Gasteiger partial charge in [-0.2, -0.15) is 13.2 Å².